The molecule has 7 rings (SSSR count). The van der Waals surface area contributed by atoms with Crippen LogP contribution < -0.4 is 0 Å². The molecule has 204 valence electrons. The van der Waals surface area contributed by atoms with Crippen LogP contribution in [0, 0.1) is 17.2 Å². The predicted octanol–water partition coefficient (Wildman–Crippen LogP) is 7.11. The topological polar surface area (TPSA) is 59.0 Å². The number of aromatic amines is 1. The van der Waals surface area contributed by atoms with E-state index in [0.717, 1.165) is 61.6 Å². The highest BCUT2D eigenvalue weighted by atomic mass is 15.2. The highest BCUT2D eigenvalue weighted by Crippen LogP contribution is 2.42. The Hall–Kier alpha value is -4.24. The summed E-state index contributed by atoms with van der Waals surface area (Å²) in [5.74, 6) is 1.64. The molecule has 3 heterocycles. The molecular formula is C36H35N5. The number of fused-ring (bicyclic) bond motifs is 2. The third-order valence-corrected chi connectivity index (χ3v) is 8.97. The maximum Gasteiger partial charge on any atom is 0.121 e. The molecule has 1 N–H and O–H groups in total. The molecule has 41 heavy (non-hydrogen) atoms. The number of aromatic nitrogens is 2. The summed E-state index contributed by atoms with van der Waals surface area (Å²) < 4.78 is 0. The summed E-state index contributed by atoms with van der Waals surface area (Å²) in [5.41, 5.74) is 9.47. The largest absolute Gasteiger partial charge is 0.341 e. The summed E-state index contributed by atoms with van der Waals surface area (Å²) >= 11 is 0. The van der Waals surface area contributed by atoms with Gasteiger partial charge in [0.15, 0.2) is 0 Å². The molecule has 5 heteroatoms. The highest BCUT2D eigenvalue weighted by Gasteiger charge is 2.36. The lowest BCUT2D eigenvalue weighted by Crippen LogP contribution is -2.43. The van der Waals surface area contributed by atoms with E-state index in [4.69, 9.17) is 4.98 Å². The number of hydrogen-bond donors (Lipinski definition) is 1. The summed E-state index contributed by atoms with van der Waals surface area (Å²) in [6.07, 6.45) is 3.41. The summed E-state index contributed by atoms with van der Waals surface area (Å²) in [7, 11) is 0. The Balaban J connectivity index is 1.17. The Morgan fingerprint density at radius 1 is 0.805 bits per heavy atom. The maximum atomic E-state index is 9.41. The zero-order valence-corrected chi connectivity index (χ0v) is 23.3. The molecule has 1 unspecified atom stereocenters. The standard InChI is InChI=1S/C36H35N5/c37-23-27-9-6-10-29(21-27)30-13-14-32-31(22-30)17-20-41(25-35-38-33-11-4-5-12-34(33)39-35)36(32)28-15-18-40(19-16-28)24-26-7-2-1-3-8-26/h1-14,21-22,28,36H,15-20,24-25H2,(H,38,39). The van der Waals surface area contributed by atoms with E-state index < -0.39 is 0 Å². The van der Waals surface area contributed by atoms with E-state index in [0.29, 0.717) is 17.5 Å². The summed E-state index contributed by atoms with van der Waals surface area (Å²) in [4.78, 5) is 13.8. The Labute approximate surface area is 242 Å². The van der Waals surface area contributed by atoms with Crippen LogP contribution in [0.4, 0.5) is 0 Å². The van der Waals surface area contributed by atoms with Crippen LogP contribution in [0.2, 0.25) is 0 Å². The van der Waals surface area contributed by atoms with E-state index in [1.54, 1.807) is 0 Å². The minimum Gasteiger partial charge on any atom is -0.341 e. The lowest BCUT2D eigenvalue weighted by Gasteiger charge is -2.44. The average Bonchev–Trinajstić information content (AvgIpc) is 3.44. The van der Waals surface area contributed by atoms with Gasteiger partial charge in [0.05, 0.1) is 29.2 Å². The Morgan fingerprint density at radius 3 is 2.44 bits per heavy atom. The Bertz CT molecular complexity index is 1660. The molecule has 2 aliphatic heterocycles. The van der Waals surface area contributed by atoms with Gasteiger partial charge in [-0.25, -0.2) is 4.98 Å². The molecule has 1 aromatic heterocycles. The van der Waals surface area contributed by atoms with Crippen LogP contribution >= 0.6 is 0 Å². The number of nitrogens with one attached hydrogen (secondary N) is 1. The number of nitriles is 1. The quantitative estimate of drug-likeness (QED) is 0.251. The second-order valence-electron chi connectivity index (χ2n) is 11.6. The smallest absolute Gasteiger partial charge is 0.121 e. The van der Waals surface area contributed by atoms with Crippen LogP contribution in [-0.2, 0) is 19.5 Å². The lowest BCUT2D eigenvalue weighted by atomic mass is 9.79. The van der Waals surface area contributed by atoms with Gasteiger partial charge in [0.2, 0.25) is 0 Å². The fourth-order valence-electron chi connectivity index (χ4n) is 6.93. The van der Waals surface area contributed by atoms with Crippen LogP contribution in [0.5, 0.6) is 0 Å². The third-order valence-electron chi connectivity index (χ3n) is 8.97. The Kier molecular flexibility index (Phi) is 7.10. The summed E-state index contributed by atoms with van der Waals surface area (Å²) in [5, 5.41) is 9.41. The van der Waals surface area contributed by atoms with Crippen molar-refractivity contribution in [1.29, 1.82) is 5.26 Å². The fraction of sp³-hybridized carbons (Fsp3) is 0.278. The molecule has 0 radical (unpaired) electrons. The van der Waals surface area contributed by atoms with Crippen LogP contribution in [-0.4, -0.2) is 39.4 Å². The third kappa shape index (κ3) is 5.41. The van der Waals surface area contributed by atoms with Crippen molar-refractivity contribution >= 4 is 11.0 Å². The number of piperidine rings is 1. The van der Waals surface area contributed by atoms with Gasteiger partial charge in [-0.15, -0.1) is 0 Å². The van der Waals surface area contributed by atoms with Gasteiger partial charge in [-0.2, -0.15) is 5.26 Å². The second kappa shape index (κ2) is 11.3. The van der Waals surface area contributed by atoms with E-state index in [-0.39, 0.29) is 0 Å². The molecule has 1 saturated heterocycles. The molecule has 0 saturated carbocycles. The van der Waals surface area contributed by atoms with Crippen LogP contribution in [0.3, 0.4) is 0 Å². The first-order chi connectivity index (χ1) is 20.2. The number of nitrogens with zero attached hydrogens (tertiary/aromatic N) is 4. The van der Waals surface area contributed by atoms with Gasteiger partial charge in [-0.05, 0) is 90.4 Å². The molecule has 2 aliphatic rings. The molecule has 0 spiro atoms. The van der Waals surface area contributed by atoms with Crippen molar-refractivity contribution in [3.05, 3.63) is 125 Å². The van der Waals surface area contributed by atoms with Gasteiger partial charge in [0.25, 0.3) is 0 Å². The number of H-pyrrole nitrogens is 1. The van der Waals surface area contributed by atoms with E-state index in [2.05, 4.69) is 99.7 Å². The average molecular weight is 538 g/mol. The van der Waals surface area contributed by atoms with Gasteiger partial charge in [0.1, 0.15) is 5.82 Å². The number of hydrogen-bond acceptors (Lipinski definition) is 4. The molecule has 0 amide bonds. The first-order valence-electron chi connectivity index (χ1n) is 14.8. The minimum absolute atomic E-state index is 0.366. The minimum atomic E-state index is 0.366. The van der Waals surface area contributed by atoms with Gasteiger partial charge in [0, 0.05) is 19.1 Å². The molecule has 0 aliphatic carbocycles. The zero-order valence-electron chi connectivity index (χ0n) is 23.3. The van der Waals surface area contributed by atoms with E-state index in [1.807, 2.05) is 18.2 Å². The van der Waals surface area contributed by atoms with Gasteiger partial charge in [-0.1, -0.05) is 72.8 Å². The molecule has 1 atom stereocenters. The molecule has 4 aromatic carbocycles. The molecular weight excluding hydrogens is 502 g/mol. The van der Waals surface area contributed by atoms with Crippen molar-refractivity contribution in [2.75, 3.05) is 19.6 Å². The van der Waals surface area contributed by atoms with Crippen molar-refractivity contribution in [3.8, 4) is 17.2 Å². The van der Waals surface area contributed by atoms with Gasteiger partial charge < -0.3 is 4.98 Å². The molecule has 0 bridgehead atoms. The SMILES string of the molecule is N#Cc1cccc(-c2ccc3c(c2)CCN(Cc2nc4ccccc4[nH]2)C3C2CCN(Cc3ccccc3)CC2)c1. The van der Waals surface area contributed by atoms with Crippen molar-refractivity contribution in [2.45, 2.75) is 38.4 Å². The second-order valence-corrected chi connectivity index (χ2v) is 11.6. The van der Waals surface area contributed by atoms with Gasteiger partial charge in [-0.3, -0.25) is 9.80 Å². The number of benzene rings is 4. The molecule has 5 aromatic rings. The van der Waals surface area contributed by atoms with Crippen molar-refractivity contribution in [1.82, 2.24) is 19.8 Å². The van der Waals surface area contributed by atoms with Crippen LogP contribution in [0.25, 0.3) is 22.2 Å². The molecule has 5 nitrogen and oxygen atoms in total. The Morgan fingerprint density at radius 2 is 1.61 bits per heavy atom. The van der Waals surface area contributed by atoms with Crippen molar-refractivity contribution in [3.63, 3.8) is 0 Å². The number of rotatable bonds is 6. The normalized spacial score (nSPS) is 18.3. The van der Waals surface area contributed by atoms with Crippen molar-refractivity contribution < 1.29 is 0 Å². The molecule has 1 fully saturated rings. The van der Waals surface area contributed by atoms with E-state index >= 15 is 0 Å². The monoisotopic (exact) mass is 537 g/mol. The number of likely N-dealkylation sites (tertiary alicyclic amines) is 1. The lowest BCUT2D eigenvalue weighted by molar-refractivity contribution is 0.0701. The highest BCUT2D eigenvalue weighted by molar-refractivity contribution is 5.74. The van der Waals surface area contributed by atoms with Crippen LogP contribution in [0.15, 0.2) is 97.1 Å². The first-order valence-corrected chi connectivity index (χ1v) is 14.8. The number of para-hydroxylation sites is 2. The number of imidazole rings is 1. The predicted molar refractivity (Wildman–Crippen MR) is 164 cm³/mol. The fourth-order valence-corrected chi connectivity index (χ4v) is 6.93. The maximum absolute atomic E-state index is 9.41. The summed E-state index contributed by atoms with van der Waals surface area (Å²) in [6, 6.07) is 36.8. The van der Waals surface area contributed by atoms with Gasteiger partial charge >= 0.3 is 0 Å². The van der Waals surface area contributed by atoms with E-state index in [9.17, 15) is 5.26 Å². The zero-order chi connectivity index (χ0) is 27.6. The van der Waals surface area contributed by atoms with Crippen molar-refractivity contribution in [2.24, 2.45) is 5.92 Å². The first kappa shape index (κ1) is 25.7. The van der Waals surface area contributed by atoms with E-state index in [1.165, 1.54) is 35.1 Å². The van der Waals surface area contributed by atoms with Crippen LogP contribution in [0.1, 0.15) is 47.0 Å². The summed E-state index contributed by atoms with van der Waals surface area (Å²) in [6.45, 7) is 5.13.